The molecular formula is C21H20BrClN2O3. The second-order valence-electron chi connectivity index (χ2n) is 6.98. The SMILES string of the molecule is COC(=O)c1ccc2nc(Cc3cc(C)c(Br)cc3Cl)n(C[C@@H]3CCO3)c2c1. The molecule has 1 aromatic heterocycles. The number of rotatable bonds is 5. The van der Waals surface area contributed by atoms with Gasteiger partial charge in [0.1, 0.15) is 5.82 Å². The highest BCUT2D eigenvalue weighted by molar-refractivity contribution is 9.10. The molecule has 7 heteroatoms. The maximum Gasteiger partial charge on any atom is 0.337 e. The largest absolute Gasteiger partial charge is 0.465 e. The summed E-state index contributed by atoms with van der Waals surface area (Å²) in [5.41, 5.74) is 4.39. The van der Waals surface area contributed by atoms with Crippen LogP contribution in [0, 0.1) is 6.92 Å². The first-order valence-electron chi connectivity index (χ1n) is 9.10. The average Bonchev–Trinajstić information content (AvgIpc) is 2.98. The molecule has 5 nitrogen and oxygen atoms in total. The van der Waals surface area contributed by atoms with E-state index in [1.54, 1.807) is 6.07 Å². The van der Waals surface area contributed by atoms with Gasteiger partial charge in [0.15, 0.2) is 0 Å². The van der Waals surface area contributed by atoms with E-state index in [4.69, 9.17) is 26.1 Å². The van der Waals surface area contributed by atoms with Gasteiger partial charge >= 0.3 is 5.97 Å². The molecule has 0 N–H and O–H groups in total. The van der Waals surface area contributed by atoms with E-state index in [1.165, 1.54) is 7.11 Å². The van der Waals surface area contributed by atoms with E-state index in [9.17, 15) is 4.79 Å². The van der Waals surface area contributed by atoms with Crippen LogP contribution in [0.25, 0.3) is 11.0 Å². The molecule has 4 rings (SSSR count). The Labute approximate surface area is 176 Å². The number of hydrogen-bond acceptors (Lipinski definition) is 4. The van der Waals surface area contributed by atoms with Crippen molar-refractivity contribution in [3.8, 4) is 0 Å². The highest BCUT2D eigenvalue weighted by atomic mass is 79.9. The van der Waals surface area contributed by atoms with Gasteiger partial charge in [0, 0.05) is 22.5 Å². The predicted molar refractivity (Wildman–Crippen MR) is 112 cm³/mol. The van der Waals surface area contributed by atoms with E-state index < -0.39 is 0 Å². The van der Waals surface area contributed by atoms with Crippen molar-refractivity contribution in [3.05, 3.63) is 62.3 Å². The minimum Gasteiger partial charge on any atom is -0.465 e. The van der Waals surface area contributed by atoms with E-state index in [0.29, 0.717) is 23.6 Å². The van der Waals surface area contributed by atoms with Gasteiger partial charge in [0.05, 0.1) is 36.4 Å². The molecule has 2 heterocycles. The number of esters is 1. The van der Waals surface area contributed by atoms with Gasteiger partial charge in [-0.2, -0.15) is 0 Å². The number of ether oxygens (including phenoxy) is 2. The van der Waals surface area contributed by atoms with Crippen LogP contribution >= 0.6 is 27.5 Å². The Morgan fingerprint density at radius 3 is 2.86 bits per heavy atom. The van der Waals surface area contributed by atoms with Crippen LogP contribution in [-0.4, -0.2) is 35.3 Å². The Hall–Kier alpha value is -1.89. The Kier molecular flexibility index (Phi) is 5.45. The zero-order chi connectivity index (χ0) is 19.8. The summed E-state index contributed by atoms with van der Waals surface area (Å²) < 4.78 is 13.6. The Balaban J connectivity index is 1.79. The molecule has 0 radical (unpaired) electrons. The summed E-state index contributed by atoms with van der Waals surface area (Å²) in [6.07, 6.45) is 1.79. The fourth-order valence-electron chi connectivity index (χ4n) is 3.41. The minimum absolute atomic E-state index is 0.167. The standard InChI is InChI=1S/C21H20BrClN2O3/c1-12-7-14(17(23)10-16(12)22)9-20-24-18-4-3-13(21(26)27-2)8-19(18)25(20)11-15-5-6-28-15/h3-4,7-8,10,15H,5-6,9,11H2,1-2H3/t15-/m0/s1. The van der Waals surface area contributed by atoms with E-state index in [1.807, 2.05) is 25.1 Å². The molecule has 0 saturated carbocycles. The lowest BCUT2D eigenvalue weighted by molar-refractivity contribution is -0.0589. The highest BCUT2D eigenvalue weighted by Gasteiger charge is 2.23. The first-order chi connectivity index (χ1) is 13.5. The van der Waals surface area contributed by atoms with Crippen LogP contribution in [0.2, 0.25) is 5.02 Å². The maximum absolute atomic E-state index is 12.0. The summed E-state index contributed by atoms with van der Waals surface area (Å²) in [5.74, 6) is 0.541. The lowest BCUT2D eigenvalue weighted by Crippen LogP contribution is -2.31. The molecular weight excluding hydrogens is 444 g/mol. The zero-order valence-electron chi connectivity index (χ0n) is 15.7. The van der Waals surface area contributed by atoms with Crippen molar-refractivity contribution in [1.29, 1.82) is 0 Å². The molecule has 28 heavy (non-hydrogen) atoms. The van der Waals surface area contributed by atoms with Crippen molar-refractivity contribution in [2.75, 3.05) is 13.7 Å². The van der Waals surface area contributed by atoms with Crippen molar-refractivity contribution >= 4 is 44.5 Å². The Bertz CT molecular complexity index is 1060. The minimum atomic E-state index is -0.359. The van der Waals surface area contributed by atoms with Crippen molar-refractivity contribution in [2.45, 2.75) is 32.4 Å². The number of carbonyl (C=O) groups excluding carboxylic acids is 1. The van der Waals surface area contributed by atoms with Crippen molar-refractivity contribution in [1.82, 2.24) is 9.55 Å². The van der Waals surface area contributed by atoms with Gasteiger partial charge in [0.25, 0.3) is 0 Å². The van der Waals surface area contributed by atoms with Gasteiger partial charge in [-0.05, 0) is 48.7 Å². The van der Waals surface area contributed by atoms with Crippen LogP contribution in [0.4, 0.5) is 0 Å². The Morgan fingerprint density at radius 2 is 2.18 bits per heavy atom. The zero-order valence-corrected chi connectivity index (χ0v) is 18.0. The summed E-state index contributed by atoms with van der Waals surface area (Å²) >= 11 is 10.00. The number of nitrogens with zero attached hydrogens (tertiary/aromatic N) is 2. The smallest absolute Gasteiger partial charge is 0.337 e. The first-order valence-corrected chi connectivity index (χ1v) is 10.3. The topological polar surface area (TPSA) is 53.3 Å². The molecule has 0 bridgehead atoms. The molecule has 1 fully saturated rings. The molecule has 3 aromatic rings. The number of hydrogen-bond donors (Lipinski definition) is 0. The molecule has 2 aromatic carbocycles. The molecule has 0 unspecified atom stereocenters. The second kappa shape index (κ2) is 7.85. The number of carbonyl (C=O) groups is 1. The van der Waals surface area contributed by atoms with Crippen molar-refractivity contribution in [2.24, 2.45) is 0 Å². The molecule has 146 valence electrons. The van der Waals surface area contributed by atoms with Crippen molar-refractivity contribution < 1.29 is 14.3 Å². The molecule has 0 spiro atoms. The van der Waals surface area contributed by atoms with Crippen LogP contribution in [0.5, 0.6) is 0 Å². The second-order valence-corrected chi connectivity index (χ2v) is 8.25. The maximum atomic E-state index is 12.0. The summed E-state index contributed by atoms with van der Waals surface area (Å²) in [6.45, 7) is 3.53. The highest BCUT2D eigenvalue weighted by Crippen LogP contribution is 2.29. The van der Waals surface area contributed by atoms with E-state index in [2.05, 4.69) is 26.6 Å². The van der Waals surface area contributed by atoms with Gasteiger partial charge in [-0.1, -0.05) is 33.6 Å². The number of fused-ring (bicyclic) bond motifs is 1. The lowest BCUT2D eigenvalue weighted by atomic mass is 10.1. The third-order valence-corrected chi connectivity index (χ3v) is 6.31. The number of benzene rings is 2. The summed E-state index contributed by atoms with van der Waals surface area (Å²) in [5, 5.41) is 0.700. The van der Waals surface area contributed by atoms with Crippen LogP contribution in [0.3, 0.4) is 0 Å². The van der Waals surface area contributed by atoms with Gasteiger partial charge in [0.2, 0.25) is 0 Å². The van der Waals surface area contributed by atoms with E-state index in [-0.39, 0.29) is 12.1 Å². The fourth-order valence-corrected chi connectivity index (χ4v) is 4.12. The fraction of sp³-hybridized carbons (Fsp3) is 0.333. The summed E-state index contributed by atoms with van der Waals surface area (Å²) in [4.78, 5) is 16.8. The number of halogens is 2. The van der Waals surface area contributed by atoms with E-state index in [0.717, 1.165) is 45.5 Å². The van der Waals surface area contributed by atoms with Crippen LogP contribution < -0.4 is 0 Å². The van der Waals surface area contributed by atoms with Crippen LogP contribution in [-0.2, 0) is 22.4 Å². The number of aryl methyl sites for hydroxylation is 1. The van der Waals surface area contributed by atoms with Gasteiger partial charge in [-0.3, -0.25) is 0 Å². The quantitative estimate of drug-likeness (QED) is 0.504. The van der Waals surface area contributed by atoms with Crippen LogP contribution in [0.15, 0.2) is 34.8 Å². The molecule has 1 aliphatic heterocycles. The monoisotopic (exact) mass is 462 g/mol. The molecule has 1 atom stereocenters. The summed E-state index contributed by atoms with van der Waals surface area (Å²) in [6, 6.07) is 9.44. The summed E-state index contributed by atoms with van der Waals surface area (Å²) in [7, 11) is 1.38. The number of imidazole rings is 1. The molecule has 0 aliphatic carbocycles. The molecule has 1 saturated heterocycles. The number of methoxy groups -OCH3 is 1. The Morgan fingerprint density at radius 1 is 1.39 bits per heavy atom. The average molecular weight is 464 g/mol. The number of aromatic nitrogens is 2. The lowest BCUT2D eigenvalue weighted by Gasteiger charge is -2.27. The normalized spacial score (nSPS) is 16.2. The third-order valence-electron chi connectivity index (χ3n) is 5.10. The van der Waals surface area contributed by atoms with Crippen LogP contribution in [0.1, 0.15) is 33.7 Å². The van der Waals surface area contributed by atoms with Gasteiger partial charge in [-0.15, -0.1) is 0 Å². The molecule has 0 amide bonds. The first kappa shape index (κ1) is 19.4. The third kappa shape index (κ3) is 3.69. The van der Waals surface area contributed by atoms with Gasteiger partial charge < -0.3 is 14.0 Å². The molecule has 1 aliphatic rings. The van der Waals surface area contributed by atoms with E-state index >= 15 is 0 Å². The predicted octanol–water partition coefficient (Wildman–Crippen LogP) is 4.93. The van der Waals surface area contributed by atoms with Crippen molar-refractivity contribution in [3.63, 3.8) is 0 Å². The van der Waals surface area contributed by atoms with Gasteiger partial charge in [-0.25, -0.2) is 9.78 Å².